The van der Waals surface area contributed by atoms with Crippen LogP contribution in [0.5, 0.6) is 0 Å². The van der Waals surface area contributed by atoms with Gasteiger partial charge in [-0.15, -0.1) is 0 Å². The average Bonchev–Trinajstić information content (AvgIpc) is 2.39. The van der Waals surface area contributed by atoms with Gasteiger partial charge in [0.15, 0.2) is 11.6 Å². The number of hydrogen-bond acceptors (Lipinski definition) is 4. The molecule has 20 heavy (non-hydrogen) atoms. The summed E-state index contributed by atoms with van der Waals surface area (Å²) in [6.07, 6.45) is -0.0986. The first-order chi connectivity index (χ1) is 9.20. The molecule has 0 saturated carbocycles. The van der Waals surface area contributed by atoms with Gasteiger partial charge in [-0.05, 0) is 12.1 Å². The van der Waals surface area contributed by atoms with Crippen molar-refractivity contribution >= 4 is 21.6 Å². The van der Waals surface area contributed by atoms with Crippen molar-refractivity contribution < 1.29 is 22.0 Å². The number of carbonyl (C=O) groups is 1. The van der Waals surface area contributed by atoms with Gasteiger partial charge in [-0.25, -0.2) is 21.5 Å². The molecule has 0 aromatic heterocycles. The molecule has 0 aliphatic heterocycles. The molecule has 0 aliphatic rings. The molecule has 1 amide bonds. The third-order valence-electron chi connectivity index (χ3n) is 2.64. The van der Waals surface area contributed by atoms with Gasteiger partial charge in [0.05, 0.1) is 0 Å². The Balaban J connectivity index is 3.08. The molecule has 1 rings (SSSR count). The van der Waals surface area contributed by atoms with E-state index in [0.717, 1.165) is 10.4 Å². The van der Waals surface area contributed by atoms with Crippen molar-refractivity contribution in [3.05, 3.63) is 23.8 Å². The van der Waals surface area contributed by atoms with Crippen LogP contribution in [0.25, 0.3) is 0 Å². The first-order valence-electron chi connectivity index (χ1n) is 5.61. The average molecular weight is 307 g/mol. The molecule has 1 aromatic rings. The lowest BCUT2D eigenvalue weighted by Crippen LogP contribution is -2.32. The van der Waals surface area contributed by atoms with Gasteiger partial charge >= 0.3 is 0 Å². The monoisotopic (exact) mass is 307 g/mol. The van der Waals surface area contributed by atoms with Crippen LogP contribution in [0.2, 0.25) is 0 Å². The molecule has 0 fully saturated rings. The zero-order chi connectivity index (χ0) is 15.5. The second-order valence-electron chi connectivity index (χ2n) is 4.06. The summed E-state index contributed by atoms with van der Waals surface area (Å²) >= 11 is 0. The summed E-state index contributed by atoms with van der Waals surface area (Å²) in [5, 5.41) is 2.33. The molecule has 0 saturated heterocycles. The third-order valence-corrected chi connectivity index (χ3v) is 4.49. The number of nitrogens with zero attached hydrogens (tertiary/aromatic N) is 1. The van der Waals surface area contributed by atoms with Crippen LogP contribution < -0.4 is 11.1 Å². The number of nitrogen functional groups attached to an aromatic ring is 1. The predicted molar refractivity (Wildman–Crippen MR) is 69.3 cm³/mol. The van der Waals surface area contributed by atoms with Crippen molar-refractivity contribution in [2.75, 3.05) is 26.4 Å². The Morgan fingerprint density at radius 1 is 1.40 bits per heavy atom. The van der Waals surface area contributed by atoms with E-state index in [2.05, 4.69) is 5.32 Å². The number of amides is 1. The van der Waals surface area contributed by atoms with Gasteiger partial charge in [0.1, 0.15) is 4.90 Å². The summed E-state index contributed by atoms with van der Waals surface area (Å²) in [5.41, 5.74) is 5.11. The standard InChI is InChI=1S/C11H15F2N3O3S/c1-15-10(17)3-4-16(2)20(18,19)9-6-7(14)5-8(12)11(9)13/h5-6H,3-4,14H2,1-2H3,(H,15,17). The van der Waals surface area contributed by atoms with Crippen LogP contribution in [0.15, 0.2) is 17.0 Å². The lowest BCUT2D eigenvalue weighted by atomic mass is 10.3. The van der Waals surface area contributed by atoms with Gasteiger partial charge in [-0.2, -0.15) is 0 Å². The molecule has 3 N–H and O–H groups in total. The molecule has 0 radical (unpaired) electrons. The lowest BCUT2D eigenvalue weighted by Gasteiger charge is -2.17. The molecule has 0 heterocycles. The Morgan fingerprint density at radius 2 is 2.00 bits per heavy atom. The van der Waals surface area contributed by atoms with Crippen LogP contribution >= 0.6 is 0 Å². The van der Waals surface area contributed by atoms with Crippen molar-refractivity contribution in [3.63, 3.8) is 0 Å². The third kappa shape index (κ3) is 3.42. The molecule has 0 aliphatic carbocycles. The van der Waals surface area contributed by atoms with E-state index >= 15 is 0 Å². The Kier molecular flexibility index (Phi) is 5.01. The maximum absolute atomic E-state index is 13.6. The van der Waals surface area contributed by atoms with Crippen molar-refractivity contribution in [1.82, 2.24) is 9.62 Å². The summed E-state index contributed by atoms with van der Waals surface area (Å²) in [6, 6.07) is 1.53. The molecule has 0 atom stereocenters. The maximum Gasteiger partial charge on any atom is 0.245 e. The molecule has 9 heteroatoms. The van der Waals surface area contributed by atoms with E-state index in [1.165, 1.54) is 14.1 Å². The Hall–Kier alpha value is -1.74. The second-order valence-corrected chi connectivity index (χ2v) is 6.08. The highest BCUT2D eigenvalue weighted by atomic mass is 32.2. The summed E-state index contributed by atoms with van der Waals surface area (Å²) in [5.74, 6) is -3.21. The highest BCUT2D eigenvalue weighted by molar-refractivity contribution is 7.89. The molecule has 6 nitrogen and oxygen atoms in total. The SMILES string of the molecule is CNC(=O)CCN(C)S(=O)(=O)c1cc(N)cc(F)c1F. The van der Waals surface area contributed by atoms with Crippen molar-refractivity contribution in [2.45, 2.75) is 11.3 Å². The summed E-state index contributed by atoms with van der Waals surface area (Å²) in [4.78, 5) is 10.2. The smallest absolute Gasteiger partial charge is 0.245 e. The van der Waals surface area contributed by atoms with Gasteiger partial charge in [0, 0.05) is 32.7 Å². The minimum absolute atomic E-state index is 0.0986. The molecular formula is C11H15F2N3O3S. The van der Waals surface area contributed by atoms with Crippen LogP contribution in [0.4, 0.5) is 14.5 Å². The number of sulfonamides is 1. The summed E-state index contributed by atoms with van der Waals surface area (Å²) < 4.78 is 51.7. The van der Waals surface area contributed by atoms with Crippen LogP contribution in [0, 0.1) is 11.6 Å². The molecule has 0 spiro atoms. The second kappa shape index (κ2) is 6.14. The first-order valence-corrected chi connectivity index (χ1v) is 7.05. The van der Waals surface area contributed by atoms with Gasteiger partial charge in [0.2, 0.25) is 15.9 Å². The Morgan fingerprint density at radius 3 is 2.55 bits per heavy atom. The van der Waals surface area contributed by atoms with Crippen LogP contribution in [-0.2, 0) is 14.8 Å². The highest BCUT2D eigenvalue weighted by Gasteiger charge is 2.27. The zero-order valence-electron chi connectivity index (χ0n) is 11.0. The van der Waals surface area contributed by atoms with Crippen LogP contribution in [0.3, 0.4) is 0 Å². The van der Waals surface area contributed by atoms with Crippen LogP contribution in [-0.4, -0.2) is 39.3 Å². The number of rotatable bonds is 5. The predicted octanol–water partition coefficient (Wildman–Crippen LogP) is 0.304. The van der Waals surface area contributed by atoms with E-state index in [0.29, 0.717) is 6.07 Å². The van der Waals surface area contributed by atoms with Gasteiger partial charge < -0.3 is 11.1 Å². The zero-order valence-corrected chi connectivity index (χ0v) is 11.8. The number of halogens is 2. The fourth-order valence-corrected chi connectivity index (χ4v) is 2.72. The van der Waals surface area contributed by atoms with Crippen molar-refractivity contribution in [1.29, 1.82) is 0 Å². The first kappa shape index (κ1) is 16.3. The van der Waals surface area contributed by atoms with Crippen LogP contribution in [0.1, 0.15) is 6.42 Å². The van der Waals surface area contributed by atoms with E-state index in [9.17, 15) is 22.0 Å². The van der Waals surface area contributed by atoms with Gasteiger partial charge in [-0.3, -0.25) is 4.79 Å². The van der Waals surface area contributed by atoms with E-state index in [1.54, 1.807) is 0 Å². The van der Waals surface area contributed by atoms with Gasteiger partial charge in [-0.1, -0.05) is 0 Å². The maximum atomic E-state index is 13.6. The Bertz CT molecular complexity index is 620. The fraction of sp³-hybridized carbons (Fsp3) is 0.364. The highest BCUT2D eigenvalue weighted by Crippen LogP contribution is 2.23. The number of nitrogens with one attached hydrogen (secondary N) is 1. The van der Waals surface area contributed by atoms with Crippen molar-refractivity contribution in [2.24, 2.45) is 0 Å². The number of hydrogen-bond donors (Lipinski definition) is 2. The molecule has 0 unspecified atom stereocenters. The number of carbonyl (C=O) groups excluding carboxylic acids is 1. The minimum Gasteiger partial charge on any atom is -0.399 e. The molecule has 0 bridgehead atoms. The van der Waals surface area contributed by atoms with Crippen molar-refractivity contribution in [3.8, 4) is 0 Å². The number of anilines is 1. The minimum atomic E-state index is -4.26. The largest absolute Gasteiger partial charge is 0.399 e. The van der Waals surface area contributed by atoms with E-state index in [1.807, 2.05) is 0 Å². The fourth-order valence-electron chi connectivity index (χ4n) is 1.44. The lowest BCUT2D eigenvalue weighted by molar-refractivity contribution is -0.120. The molecule has 1 aromatic carbocycles. The summed E-state index contributed by atoms with van der Waals surface area (Å²) in [7, 11) is -1.69. The van der Waals surface area contributed by atoms with Gasteiger partial charge in [0.25, 0.3) is 0 Å². The van der Waals surface area contributed by atoms with E-state index < -0.39 is 26.6 Å². The number of nitrogens with two attached hydrogens (primary N) is 1. The quantitative estimate of drug-likeness (QED) is 0.765. The van der Waals surface area contributed by atoms with E-state index in [4.69, 9.17) is 5.73 Å². The summed E-state index contributed by atoms with van der Waals surface area (Å²) in [6.45, 7) is -0.169. The number of benzene rings is 1. The normalized spacial score (nSPS) is 11.7. The molecular weight excluding hydrogens is 292 g/mol. The van der Waals surface area contributed by atoms with E-state index in [-0.39, 0.29) is 24.6 Å². The molecule has 112 valence electrons. The topological polar surface area (TPSA) is 92.5 Å². The Labute approximate surface area is 115 Å².